The zero-order valence-electron chi connectivity index (χ0n) is 9.71. The largest absolute Gasteiger partial charge is 0.508 e. The Morgan fingerprint density at radius 3 is 2.11 bits per heavy atom. The van der Waals surface area contributed by atoms with Crippen molar-refractivity contribution in [3.63, 3.8) is 0 Å². The van der Waals surface area contributed by atoms with Gasteiger partial charge in [-0.3, -0.25) is 0 Å². The lowest BCUT2D eigenvalue weighted by atomic mass is 9.99. The summed E-state index contributed by atoms with van der Waals surface area (Å²) in [7, 11) is 0. The highest BCUT2D eigenvalue weighted by Gasteiger charge is 2.14. The minimum atomic E-state index is -0.586. The van der Waals surface area contributed by atoms with Crippen molar-refractivity contribution in [2.75, 3.05) is 0 Å². The predicted octanol–water partition coefficient (Wildman–Crippen LogP) is 2.15. The molecule has 1 atom stereocenters. The third-order valence-corrected chi connectivity index (χ3v) is 2.65. The van der Waals surface area contributed by atoms with E-state index in [1.165, 1.54) is 0 Å². The molecule has 0 aliphatic rings. The molecule has 0 fully saturated rings. The van der Waals surface area contributed by atoms with Crippen LogP contribution in [0.3, 0.4) is 0 Å². The Balaban J connectivity index is 2.36. The summed E-state index contributed by atoms with van der Waals surface area (Å²) in [4.78, 5) is 11.1. The van der Waals surface area contributed by atoms with E-state index in [2.05, 4.69) is 5.32 Å². The molecule has 4 nitrogen and oxygen atoms in total. The van der Waals surface area contributed by atoms with Gasteiger partial charge in [0, 0.05) is 0 Å². The van der Waals surface area contributed by atoms with E-state index in [0.717, 1.165) is 11.1 Å². The van der Waals surface area contributed by atoms with Gasteiger partial charge < -0.3 is 16.2 Å². The molecule has 0 aliphatic carbocycles. The maximum absolute atomic E-state index is 11.1. The van der Waals surface area contributed by atoms with E-state index in [0.29, 0.717) is 0 Å². The van der Waals surface area contributed by atoms with Crippen LogP contribution in [0.1, 0.15) is 17.2 Å². The normalized spacial score (nSPS) is 11.8. The van der Waals surface area contributed by atoms with Gasteiger partial charge in [0.1, 0.15) is 5.75 Å². The topological polar surface area (TPSA) is 75.4 Å². The fourth-order valence-electron chi connectivity index (χ4n) is 1.81. The monoisotopic (exact) mass is 242 g/mol. The first-order valence-electron chi connectivity index (χ1n) is 5.56. The maximum Gasteiger partial charge on any atom is 0.312 e. The van der Waals surface area contributed by atoms with E-state index < -0.39 is 6.03 Å². The number of carbonyl (C=O) groups excluding carboxylic acids is 1. The Morgan fingerprint density at radius 2 is 1.56 bits per heavy atom. The Hall–Kier alpha value is -2.49. The van der Waals surface area contributed by atoms with Gasteiger partial charge in [0.05, 0.1) is 6.04 Å². The highest BCUT2D eigenvalue weighted by Crippen LogP contribution is 2.23. The lowest BCUT2D eigenvalue weighted by Crippen LogP contribution is -2.33. The Kier molecular flexibility index (Phi) is 3.48. The third kappa shape index (κ3) is 2.79. The van der Waals surface area contributed by atoms with Crippen LogP contribution in [0.15, 0.2) is 54.6 Å². The lowest BCUT2D eigenvalue weighted by Gasteiger charge is -2.18. The highest BCUT2D eigenvalue weighted by molar-refractivity contribution is 5.73. The molecular formula is C14H14N2O2. The van der Waals surface area contributed by atoms with Gasteiger partial charge in [0.2, 0.25) is 0 Å². The molecule has 0 heterocycles. The molecule has 2 aromatic carbocycles. The van der Waals surface area contributed by atoms with Crippen LogP contribution in [0, 0.1) is 0 Å². The zero-order valence-corrected chi connectivity index (χ0v) is 9.71. The van der Waals surface area contributed by atoms with Gasteiger partial charge in [-0.2, -0.15) is 0 Å². The second-order valence-electron chi connectivity index (χ2n) is 3.94. The van der Waals surface area contributed by atoms with E-state index >= 15 is 0 Å². The van der Waals surface area contributed by atoms with E-state index in [1.54, 1.807) is 24.3 Å². The highest BCUT2D eigenvalue weighted by atomic mass is 16.3. The van der Waals surface area contributed by atoms with Crippen molar-refractivity contribution in [1.82, 2.24) is 5.32 Å². The molecule has 18 heavy (non-hydrogen) atoms. The van der Waals surface area contributed by atoms with Crippen LogP contribution in [0.5, 0.6) is 5.75 Å². The predicted molar refractivity (Wildman–Crippen MR) is 69.1 cm³/mol. The molecule has 4 N–H and O–H groups in total. The number of phenols is 1. The molecule has 2 rings (SSSR count). The number of benzene rings is 2. The van der Waals surface area contributed by atoms with Crippen LogP contribution in [0.25, 0.3) is 0 Å². The summed E-state index contributed by atoms with van der Waals surface area (Å²) in [6, 6.07) is 15.3. The van der Waals surface area contributed by atoms with Crippen molar-refractivity contribution in [3.8, 4) is 5.75 Å². The molecule has 0 spiro atoms. The van der Waals surface area contributed by atoms with Crippen molar-refractivity contribution >= 4 is 6.03 Å². The Bertz CT molecular complexity index is 523. The molecule has 0 saturated heterocycles. The summed E-state index contributed by atoms with van der Waals surface area (Å²) in [5.41, 5.74) is 6.99. The van der Waals surface area contributed by atoms with E-state index in [9.17, 15) is 9.90 Å². The number of nitrogens with one attached hydrogen (secondary N) is 1. The second kappa shape index (κ2) is 5.23. The standard InChI is InChI=1S/C14H14N2O2/c15-14(18)16-13(10-4-2-1-3-5-10)11-6-8-12(17)9-7-11/h1-9,13,17H,(H3,15,16,18)/t13-/m0/s1. The van der Waals surface area contributed by atoms with Crippen molar-refractivity contribution < 1.29 is 9.90 Å². The van der Waals surface area contributed by atoms with Gasteiger partial charge in [-0.1, -0.05) is 42.5 Å². The number of hydrogen-bond acceptors (Lipinski definition) is 2. The van der Waals surface area contributed by atoms with Crippen LogP contribution >= 0.6 is 0 Å². The van der Waals surface area contributed by atoms with Crippen LogP contribution in [0.2, 0.25) is 0 Å². The van der Waals surface area contributed by atoms with Gasteiger partial charge in [0.25, 0.3) is 0 Å². The molecule has 0 radical (unpaired) electrons. The van der Waals surface area contributed by atoms with Gasteiger partial charge in [-0.25, -0.2) is 4.79 Å². The summed E-state index contributed by atoms with van der Waals surface area (Å²) < 4.78 is 0. The molecule has 92 valence electrons. The molecule has 0 bridgehead atoms. The van der Waals surface area contributed by atoms with Crippen molar-refractivity contribution in [2.45, 2.75) is 6.04 Å². The minimum absolute atomic E-state index is 0.185. The summed E-state index contributed by atoms with van der Waals surface area (Å²) in [5, 5.41) is 12.0. The Labute approximate surface area is 105 Å². The van der Waals surface area contributed by atoms with Crippen molar-refractivity contribution in [1.29, 1.82) is 0 Å². The molecule has 4 heteroatoms. The summed E-state index contributed by atoms with van der Waals surface area (Å²) in [6.45, 7) is 0. The molecule has 0 aromatic heterocycles. The van der Waals surface area contributed by atoms with Crippen molar-refractivity contribution in [2.24, 2.45) is 5.73 Å². The number of rotatable bonds is 3. The second-order valence-corrected chi connectivity index (χ2v) is 3.94. The number of phenolic OH excluding ortho intramolecular Hbond substituents is 1. The first kappa shape index (κ1) is 12.0. The first-order chi connectivity index (χ1) is 8.66. The number of primary amides is 1. The van der Waals surface area contributed by atoms with Gasteiger partial charge >= 0.3 is 6.03 Å². The number of aromatic hydroxyl groups is 1. The number of nitrogens with two attached hydrogens (primary N) is 1. The van der Waals surface area contributed by atoms with E-state index in [4.69, 9.17) is 5.73 Å². The van der Waals surface area contributed by atoms with Crippen molar-refractivity contribution in [3.05, 3.63) is 65.7 Å². The smallest absolute Gasteiger partial charge is 0.312 e. The third-order valence-electron chi connectivity index (χ3n) is 2.65. The van der Waals surface area contributed by atoms with Crippen LogP contribution < -0.4 is 11.1 Å². The van der Waals surface area contributed by atoms with Crippen LogP contribution in [-0.4, -0.2) is 11.1 Å². The molecule has 0 unspecified atom stereocenters. The number of carbonyl (C=O) groups is 1. The average Bonchev–Trinajstić information content (AvgIpc) is 2.38. The molecule has 0 saturated carbocycles. The van der Waals surface area contributed by atoms with Crippen LogP contribution in [0.4, 0.5) is 4.79 Å². The van der Waals surface area contributed by atoms with Gasteiger partial charge in [0.15, 0.2) is 0 Å². The quantitative estimate of drug-likeness (QED) is 0.771. The van der Waals surface area contributed by atoms with Gasteiger partial charge in [-0.15, -0.1) is 0 Å². The number of hydrogen-bond donors (Lipinski definition) is 3. The summed E-state index contributed by atoms with van der Waals surface area (Å²) >= 11 is 0. The fraction of sp³-hybridized carbons (Fsp3) is 0.0714. The molecule has 2 aromatic rings. The zero-order chi connectivity index (χ0) is 13.0. The van der Waals surface area contributed by atoms with E-state index in [-0.39, 0.29) is 11.8 Å². The Morgan fingerprint density at radius 1 is 1.00 bits per heavy atom. The van der Waals surface area contributed by atoms with Crippen LogP contribution in [-0.2, 0) is 0 Å². The number of urea groups is 1. The molecule has 2 amide bonds. The minimum Gasteiger partial charge on any atom is -0.508 e. The molecule has 0 aliphatic heterocycles. The van der Waals surface area contributed by atoms with Gasteiger partial charge in [-0.05, 0) is 23.3 Å². The average molecular weight is 242 g/mol. The van der Waals surface area contributed by atoms with E-state index in [1.807, 2.05) is 30.3 Å². The lowest BCUT2D eigenvalue weighted by molar-refractivity contribution is 0.247. The fourth-order valence-corrected chi connectivity index (χ4v) is 1.81. The summed E-state index contributed by atoms with van der Waals surface area (Å²) in [6.07, 6.45) is 0. The maximum atomic E-state index is 11.1. The number of amides is 2. The summed E-state index contributed by atoms with van der Waals surface area (Å²) in [5.74, 6) is 0.185. The SMILES string of the molecule is NC(=O)N[C@@H](c1ccccc1)c1ccc(O)cc1. The molecular weight excluding hydrogens is 228 g/mol. The first-order valence-corrected chi connectivity index (χ1v) is 5.56.